The van der Waals surface area contributed by atoms with Gasteiger partial charge in [-0.3, -0.25) is 0 Å². The van der Waals surface area contributed by atoms with Crippen molar-refractivity contribution in [3.8, 4) is 5.75 Å². The number of benzene rings is 1. The zero-order valence-electron chi connectivity index (χ0n) is 12.8. The van der Waals surface area contributed by atoms with Crippen molar-refractivity contribution in [1.29, 1.82) is 0 Å². The highest BCUT2D eigenvalue weighted by molar-refractivity contribution is 9.10. The molecule has 0 bridgehead atoms. The Morgan fingerprint density at radius 2 is 1.82 bits per heavy atom. The molecule has 0 aliphatic rings. The van der Waals surface area contributed by atoms with E-state index in [1.165, 1.54) is 18.6 Å². The summed E-state index contributed by atoms with van der Waals surface area (Å²) in [6.45, 7) is 4.85. The first-order valence-corrected chi connectivity index (χ1v) is 8.05. The predicted octanol–water partition coefficient (Wildman–Crippen LogP) is 4.44. The third kappa shape index (κ3) is 5.33. The molecular formula is C16H21BrO5. The molecule has 5 nitrogen and oxygen atoms in total. The number of carbonyl (C=O) groups is 2. The Labute approximate surface area is 138 Å². The summed E-state index contributed by atoms with van der Waals surface area (Å²) in [7, 11) is 0. The van der Waals surface area contributed by atoms with E-state index in [1.54, 1.807) is 0 Å². The van der Waals surface area contributed by atoms with Crippen LogP contribution in [0.1, 0.15) is 60.2 Å². The lowest BCUT2D eigenvalue weighted by Crippen LogP contribution is -2.10. The summed E-state index contributed by atoms with van der Waals surface area (Å²) < 4.78 is 5.73. The van der Waals surface area contributed by atoms with Crippen molar-refractivity contribution in [2.24, 2.45) is 5.92 Å². The van der Waals surface area contributed by atoms with Crippen LogP contribution in [0.25, 0.3) is 0 Å². The summed E-state index contributed by atoms with van der Waals surface area (Å²) in [5.74, 6) is -1.53. The van der Waals surface area contributed by atoms with E-state index >= 15 is 0 Å². The quantitative estimate of drug-likeness (QED) is 0.625. The van der Waals surface area contributed by atoms with Crippen molar-refractivity contribution in [1.82, 2.24) is 0 Å². The molecule has 2 N–H and O–H groups in total. The SMILES string of the molecule is CC(C)CCCCCOc1ccc(C(=O)O)c(C(=O)O)c1Br. The van der Waals surface area contributed by atoms with E-state index in [0.717, 1.165) is 19.3 Å². The number of carboxylic acid groups (broad SMARTS) is 2. The van der Waals surface area contributed by atoms with Gasteiger partial charge in [0.05, 0.1) is 22.2 Å². The van der Waals surface area contributed by atoms with Gasteiger partial charge in [0.25, 0.3) is 0 Å². The van der Waals surface area contributed by atoms with Gasteiger partial charge in [0, 0.05) is 0 Å². The van der Waals surface area contributed by atoms with Gasteiger partial charge in [0.2, 0.25) is 0 Å². The van der Waals surface area contributed by atoms with Crippen molar-refractivity contribution in [2.75, 3.05) is 6.61 Å². The summed E-state index contributed by atoms with van der Waals surface area (Å²) in [5, 5.41) is 18.2. The summed E-state index contributed by atoms with van der Waals surface area (Å²) in [6.07, 6.45) is 4.25. The minimum Gasteiger partial charge on any atom is -0.492 e. The van der Waals surface area contributed by atoms with Crippen LogP contribution in [0, 0.1) is 5.92 Å². The lowest BCUT2D eigenvalue weighted by atomic mass is 10.1. The fourth-order valence-corrected chi connectivity index (χ4v) is 2.70. The van der Waals surface area contributed by atoms with E-state index in [4.69, 9.17) is 14.9 Å². The zero-order chi connectivity index (χ0) is 16.7. The van der Waals surface area contributed by atoms with Crippen molar-refractivity contribution in [3.63, 3.8) is 0 Å². The van der Waals surface area contributed by atoms with Gasteiger partial charge in [-0.25, -0.2) is 9.59 Å². The second-order valence-corrected chi connectivity index (χ2v) is 6.30. The summed E-state index contributed by atoms with van der Waals surface area (Å²) in [5.41, 5.74) is -0.548. The topological polar surface area (TPSA) is 83.8 Å². The van der Waals surface area contributed by atoms with Crippen molar-refractivity contribution in [2.45, 2.75) is 39.5 Å². The molecule has 1 aromatic rings. The van der Waals surface area contributed by atoms with Gasteiger partial charge in [-0.15, -0.1) is 0 Å². The minimum absolute atomic E-state index is 0.169. The molecule has 0 aliphatic heterocycles. The standard InChI is InChI=1S/C16H21BrO5/c1-10(2)6-4-3-5-9-22-12-8-7-11(15(18)19)13(14(12)17)16(20)21/h7-8,10H,3-6,9H2,1-2H3,(H,18,19)(H,20,21). The smallest absolute Gasteiger partial charge is 0.337 e. The number of aromatic carboxylic acids is 2. The third-order valence-corrected chi connectivity index (χ3v) is 4.02. The van der Waals surface area contributed by atoms with Crippen molar-refractivity contribution in [3.05, 3.63) is 27.7 Å². The maximum absolute atomic E-state index is 11.2. The van der Waals surface area contributed by atoms with Crippen LogP contribution in [-0.2, 0) is 0 Å². The molecule has 0 amide bonds. The fourth-order valence-electron chi connectivity index (χ4n) is 2.07. The monoisotopic (exact) mass is 372 g/mol. The molecule has 0 saturated heterocycles. The molecule has 1 aromatic carbocycles. The number of hydrogen-bond acceptors (Lipinski definition) is 3. The minimum atomic E-state index is -1.30. The van der Waals surface area contributed by atoms with Gasteiger partial charge >= 0.3 is 11.9 Å². The lowest BCUT2D eigenvalue weighted by Gasteiger charge is -2.12. The molecule has 1 rings (SSSR count). The Morgan fingerprint density at radius 3 is 2.36 bits per heavy atom. The van der Waals surface area contributed by atoms with Gasteiger partial charge < -0.3 is 14.9 Å². The Bertz CT molecular complexity index is 540. The molecule has 0 aromatic heterocycles. The molecule has 0 atom stereocenters. The Balaban J connectivity index is 2.67. The van der Waals surface area contributed by atoms with Crippen LogP contribution in [0.3, 0.4) is 0 Å². The van der Waals surface area contributed by atoms with Gasteiger partial charge in [-0.2, -0.15) is 0 Å². The number of carboxylic acids is 2. The van der Waals surface area contributed by atoms with E-state index in [9.17, 15) is 9.59 Å². The third-order valence-electron chi connectivity index (χ3n) is 3.23. The maximum Gasteiger partial charge on any atom is 0.337 e. The molecule has 0 unspecified atom stereocenters. The maximum atomic E-state index is 11.2. The Morgan fingerprint density at radius 1 is 1.14 bits per heavy atom. The molecule has 6 heteroatoms. The van der Waals surface area contributed by atoms with Crippen LogP contribution in [0.15, 0.2) is 16.6 Å². The van der Waals surface area contributed by atoms with Gasteiger partial charge in [-0.05, 0) is 40.4 Å². The molecular weight excluding hydrogens is 352 g/mol. The van der Waals surface area contributed by atoms with Crippen LogP contribution >= 0.6 is 15.9 Å². The van der Waals surface area contributed by atoms with Crippen LogP contribution in [0.2, 0.25) is 0 Å². The highest BCUT2D eigenvalue weighted by atomic mass is 79.9. The number of hydrogen-bond donors (Lipinski definition) is 2. The summed E-state index contributed by atoms with van der Waals surface area (Å²) >= 11 is 3.13. The fraction of sp³-hybridized carbons (Fsp3) is 0.500. The largest absolute Gasteiger partial charge is 0.492 e. The Hall–Kier alpha value is -1.56. The van der Waals surface area contributed by atoms with Crippen LogP contribution in [0.4, 0.5) is 0 Å². The van der Waals surface area contributed by atoms with Crippen LogP contribution in [-0.4, -0.2) is 28.8 Å². The van der Waals surface area contributed by atoms with E-state index in [1.807, 2.05) is 0 Å². The highest BCUT2D eigenvalue weighted by Crippen LogP contribution is 2.31. The predicted molar refractivity (Wildman–Crippen MR) is 86.9 cm³/mol. The first kappa shape index (κ1) is 18.5. The second-order valence-electron chi connectivity index (χ2n) is 5.50. The molecule has 0 saturated carbocycles. The van der Waals surface area contributed by atoms with E-state index in [-0.39, 0.29) is 15.6 Å². The molecule has 122 valence electrons. The van der Waals surface area contributed by atoms with E-state index in [0.29, 0.717) is 18.3 Å². The first-order valence-electron chi connectivity index (χ1n) is 7.26. The van der Waals surface area contributed by atoms with Gasteiger partial charge in [0.15, 0.2) is 0 Å². The van der Waals surface area contributed by atoms with Crippen LogP contribution < -0.4 is 4.74 Å². The van der Waals surface area contributed by atoms with Crippen molar-refractivity contribution < 1.29 is 24.5 Å². The first-order chi connectivity index (χ1) is 10.3. The number of ether oxygens (including phenoxy) is 1. The lowest BCUT2D eigenvalue weighted by molar-refractivity contribution is 0.0650. The average Bonchev–Trinajstić information content (AvgIpc) is 2.42. The average molecular weight is 373 g/mol. The van der Waals surface area contributed by atoms with E-state index < -0.39 is 11.9 Å². The van der Waals surface area contributed by atoms with Gasteiger partial charge in [0.1, 0.15) is 5.75 Å². The number of halogens is 1. The van der Waals surface area contributed by atoms with E-state index in [2.05, 4.69) is 29.8 Å². The summed E-state index contributed by atoms with van der Waals surface area (Å²) in [6, 6.07) is 2.73. The molecule has 0 radical (unpaired) electrons. The normalized spacial score (nSPS) is 10.7. The zero-order valence-corrected chi connectivity index (χ0v) is 14.4. The summed E-state index contributed by atoms with van der Waals surface area (Å²) in [4.78, 5) is 22.3. The van der Waals surface area contributed by atoms with Gasteiger partial charge in [-0.1, -0.05) is 33.1 Å². The molecule has 0 spiro atoms. The molecule has 22 heavy (non-hydrogen) atoms. The second kappa shape index (κ2) is 8.78. The number of rotatable bonds is 9. The molecule has 0 fully saturated rings. The van der Waals surface area contributed by atoms with Crippen LogP contribution in [0.5, 0.6) is 5.75 Å². The number of unbranched alkanes of at least 4 members (excludes halogenated alkanes) is 2. The molecule has 0 aliphatic carbocycles. The Kier molecular flexibility index (Phi) is 7.38. The highest BCUT2D eigenvalue weighted by Gasteiger charge is 2.22. The van der Waals surface area contributed by atoms with Crippen molar-refractivity contribution >= 4 is 27.9 Å². The molecule has 0 heterocycles.